The van der Waals surface area contributed by atoms with E-state index in [1.54, 1.807) is 37.3 Å². The zero-order valence-electron chi connectivity index (χ0n) is 18.2. The lowest BCUT2D eigenvalue weighted by atomic mass is 9.85. The highest BCUT2D eigenvalue weighted by Gasteiger charge is 2.31. The minimum absolute atomic E-state index is 0.0812. The number of carbonyl (C=O) groups excluding carboxylic acids is 2. The molecule has 3 aromatic carbocycles. The normalized spacial score (nSPS) is 11.3. The molecule has 0 fully saturated rings. The van der Waals surface area contributed by atoms with Crippen molar-refractivity contribution in [2.24, 2.45) is 5.41 Å². The molecule has 0 amide bonds. The maximum Gasteiger partial charge on any atom is 0.311 e. The zero-order chi connectivity index (χ0) is 22.7. The van der Waals surface area contributed by atoms with E-state index in [2.05, 4.69) is 16.4 Å². The van der Waals surface area contributed by atoms with Gasteiger partial charge in [0.15, 0.2) is 10.9 Å². The molecule has 0 atom stereocenters. The quantitative estimate of drug-likeness (QED) is 0.261. The minimum atomic E-state index is -0.851. The molecule has 0 bridgehead atoms. The molecule has 0 aliphatic rings. The van der Waals surface area contributed by atoms with Gasteiger partial charge < -0.3 is 10.1 Å². The van der Waals surface area contributed by atoms with Gasteiger partial charge in [0, 0.05) is 17.7 Å². The summed E-state index contributed by atoms with van der Waals surface area (Å²) in [7, 11) is 1.34. The number of hydrogen-bond donors (Lipinski definition) is 1. The zero-order valence-corrected chi connectivity index (χ0v) is 19.0. The van der Waals surface area contributed by atoms with Crippen molar-refractivity contribution in [3.8, 4) is 11.1 Å². The molecule has 0 aliphatic heterocycles. The summed E-state index contributed by atoms with van der Waals surface area (Å²) in [5.41, 5.74) is 3.75. The first-order chi connectivity index (χ1) is 15.4. The Labute approximate surface area is 191 Å². The largest absolute Gasteiger partial charge is 0.469 e. The van der Waals surface area contributed by atoms with Crippen LogP contribution in [-0.2, 0) is 9.53 Å². The summed E-state index contributed by atoms with van der Waals surface area (Å²) in [5.74, 6) is -0.468. The molecule has 1 aromatic heterocycles. The van der Waals surface area contributed by atoms with E-state index >= 15 is 0 Å². The van der Waals surface area contributed by atoms with Crippen LogP contribution in [0.3, 0.4) is 0 Å². The third-order valence-electron chi connectivity index (χ3n) is 5.31. The van der Waals surface area contributed by atoms with Gasteiger partial charge >= 0.3 is 5.97 Å². The molecule has 162 valence electrons. The Balaban J connectivity index is 1.44. The van der Waals surface area contributed by atoms with Gasteiger partial charge in [-0.25, -0.2) is 4.98 Å². The van der Waals surface area contributed by atoms with E-state index in [1.807, 2.05) is 54.6 Å². The number of benzene rings is 3. The minimum Gasteiger partial charge on any atom is -0.469 e. The standard InChI is InChI=1S/C26H24N2O3S/c1-26(2,24(30)31-3)16-22(29)19-10-8-17(9-11-19)18-12-14-20(15-13-18)27-25-28-21-6-4-5-7-23(21)32-25/h4-15H,16H2,1-3H3,(H,27,28). The van der Waals surface area contributed by atoms with E-state index in [1.165, 1.54) is 7.11 Å². The first-order valence-corrected chi connectivity index (χ1v) is 11.1. The second kappa shape index (κ2) is 8.93. The fourth-order valence-corrected chi connectivity index (χ4v) is 4.38. The molecule has 4 aromatic rings. The third kappa shape index (κ3) is 4.70. The van der Waals surface area contributed by atoms with Gasteiger partial charge in [-0.1, -0.05) is 59.9 Å². The molecule has 6 heteroatoms. The summed E-state index contributed by atoms with van der Waals surface area (Å²) in [4.78, 5) is 29.0. The topological polar surface area (TPSA) is 68.3 Å². The summed E-state index contributed by atoms with van der Waals surface area (Å²) >= 11 is 1.62. The number of rotatable bonds is 7. The maximum absolute atomic E-state index is 12.6. The highest BCUT2D eigenvalue weighted by molar-refractivity contribution is 7.22. The molecule has 0 saturated heterocycles. The number of ketones is 1. The molecule has 0 radical (unpaired) electrons. The van der Waals surface area contributed by atoms with Crippen LogP contribution in [-0.4, -0.2) is 23.8 Å². The van der Waals surface area contributed by atoms with Crippen LogP contribution in [0.1, 0.15) is 30.6 Å². The monoisotopic (exact) mass is 444 g/mol. The number of anilines is 2. The van der Waals surface area contributed by atoms with Gasteiger partial charge in [-0.05, 0) is 49.2 Å². The molecule has 1 N–H and O–H groups in total. The smallest absolute Gasteiger partial charge is 0.311 e. The Kier molecular flexibility index (Phi) is 6.06. The molecule has 32 heavy (non-hydrogen) atoms. The van der Waals surface area contributed by atoms with Crippen molar-refractivity contribution in [2.45, 2.75) is 20.3 Å². The Morgan fingerprint density at radius 2 is 1.56 bits per heavy atom. The molecule has 0 saturated carbocycles. The lowest BCUT2D eigenvalue weighted by molar-refractivity contribution is -0.150. The molecular weight excluding hydrogens is 420 g/mol. The summed E-state index contributed by atoms with van der Waals surface area (Å²) in [5, 5.41) is 4.21. The summed E-state index contributed by atoms with van der Waals surface area (Å²) in [6.07, 6.45) is 0.102. The number of esters is 1. The van der Waals surface area contributed by atoms with Gasteiger partial charge in [0.2, 0.25) is 0 Å². The van der Waals surface area contributed by atoms with Crippen molar-refractivity contribution in [3.63, 3.8) is 0 Å². The van der Waals surface area contributed by atoms with Gasteiger partial charge in [0.05, 0.1) is 22.7 Å². The molecular formula is C26H24N2O3S. The lowest BCUT2D eigenvalue weighted by Crippen LogP contribution is -2.28. The number of carbonyl (C=O) groups is 2. The van der Waals surface area contributed by atoms with E-state index < -0.39 is 5.41 Å². The lowest BCUT2D eigenvalue weighted by Gasteiger charge is -2.20. The number of nitrogens with one attached hydrogen (secondary N) is 1. The van der Waals surface area contributed by atoms with Gasteiger partial charge in [0.1, 0.15) is 0 Å². The Bertz CT molecular complexity index is 1230. The van der Waals surface area contributed by atoms with Gasteiger partial charge in [-0.2, -0.15) is 0 Å². The first kappa shape index (κ1) is 21.7. The average molecular weight is 445 g/mol. The number of methoxy groups -OCH3 is 1. The van der Waals surface area contributed by atoms with Crippen molar-refractivity contribution in [2.75, 3.05) is 12.4 Å². The number of thiazole rings is 1. The fourth-order valence-electron chi connectivity index (χ4n) is 3.50. The van der Waals surface area contributed by atoms with Crippen LogP contribution in [0.5, 0.6) is 0 Å². The predicted octanol–water partition coefficient (Wildman–Crippen LogP) is 6.48. The van der Waals surface area contributed by atoms with E-state index in [9.17, 15) is 9.59 Å². The number of fused-ring (bicyclic) bond motifs is 1. The number of ether oxygens (including phenoxy) is 1. The van der Waals surface area contributed by atoms with E-state index in [0.29, 0.717) is 5.56 Å². The Morgan fingerprint density at radius 1 is 0.938 bits per heavy atom. The van der Waals surface area contributed by atoms with Gasteiger partial charge in [0.25, 0.3) is 0 Å². The summed E-state index contributed by atoms with van der Waals surface area (Å²) < 4.78 is 5.94. The Morgan fingerprint density at radius 3 is 2.19 bits per heavy atom. The molecule has 0 unspecified atom stereocenters. The number of hydrogen-bond acceptors (Lipinski definition) is 6. The van der Waals surface area contributed by atoms with Gasteiger partial charge in [-0.15, -0.1) is 0 Å². The van der Waals surface area contributed by atoms with Crippen LogP contribution in [0.25, 0.3) is 21.3 Å². The second-order valence-corrected chi connectivity index (χ2v) is 9.27. The van der Waals surface area contributed by atoms with Crippen molar-refractivity contribution >= 4 is 44.1 Å². The summed E-state index contributed by atoms with van der Waals surface area (Å²) in [6.45, 7) is 3.43. The first-order valence-electron chi connectivity index (χ1n) is 10.3. The van der Waals surface area contributed by atoms with Crippen LogP contribution >= 0.6 is 11.3 Å². The highest BCUT2D eigenvalue weighted by atomic mass is 32.1. The van der Waals surface area contributed by atoms with Crippen molar-refractivity contribution in [1.29, 1.82) is 0 Å². The number of nitrogens with zero attached hydrogens (tertiary/aromatic N) is 1. The predicted molar refractivity (Wildman–Crippen MR) is 130 cm³/mol. The van der Waals surface area contributed by atoms with E-state index in [0.717, 1.165) is 32.2 Å². The number of aromatic nitrogens is 1. The van der Waals surface area contributed by atoms with Crippen LogP contribution in [0.4, 0.5) is 10.8 Å². The van der Waals surface area contributed by atoms with Crippen LogP contribution in [0, 0.1) is 5.41 Å². The van der Waals surface area contributed by atoms with Crippen molar-refractivity contribution in [1.82, 2.24) is 4.98 Å². The number of para-hydroxylation sites is 1. The van der Waals surface area contributed by atoms with Crippen LogP contribution in [0.2, 0.25) is 0 Å². The van der Waals surface area contributed by atoms with E-state index in [-0.39, 0.29) is 18.2 Å². The molecule has 4 rings (SSSR count). The highest BCUT2D eigenvalue weighted by Crippen LogP contribution is 2.30. The second-order valence-electron chi connectivity index (χ2n) is 8.24. The van der Waals surface area contributed by atoms with Crippen LogP contribution in [0.15, 0.2) is 72.8 Å². The van der Waals surface area contributed by atoms with Crippen molar-refractivity contribution < 1.29 is 14.3 Å². The third-order valence-corrected chi connectivity index (χ3v) is 6.26. The van der Waals surface area contributed by atoms with E-state index in [4.69, 9.17) is 4.74 Å². The maximum atomic E-state index is 12.6. The van der Waals surface area contributed by atoms with Crippen LogP contribution < -0.4 is 5.32 Å². The molecule has 0 spiro atoms. The van der Waals surface area contributed by atoms with Crippen molar-refractivity contribution in [3.05, 3.63) is 78.4 Å². The van der Waals surface area contributed by atoms with Gasteiger partial charge in [-0.3, -0.25) is 9.59 Å². The molecule has 1 heterocycles. The molecule has 5 nitrogen and oxygen atoms in total. The summed E-state index contributed by atoms with van der Waals surface area (Å²) in [6, 6.07) is 23.6. The SMILES string of the molecule is COC(=O)C(C)(C)CC(=O)c1ccc(-c2ccc(Nc3nc4ccccc4s3)cc2)cc1. The Hall–Kier alpha value is -3.51. The number of Topliss-reactive ketones (excluding diaryl/α,β-unsaturated/α-hetero) is 1. The molecule has 0 aliphatic carbocycles. The average Bonchev–Trinajstić information content (AvgIpc) is 3.21. The fraction of sp³-hybridized carbons (Fsp3) is 0.192.